The van der Waals surface area contributed by atoms with Gasteiger partial charge in [-0.05, 0) is 17.7 Å². The number of methoxy groups -OCH3 is 1. The molecule has 0 aliphatic carbocycles. The number of benzene rings is 1. The summed E-state index contributed by atoms with van der Waals surface area (Å²) < 4.78 is 4.83. The van der Waals surface area contributed by atoms with E-state index in [9.17, 15) is 10.1 Å². The van der Waals surface area contributed by atoms with Crippen LogP contribution in [0.2, 0.25) is 0 Å². The molecule has 0 radical (unpaired) electrons. The van der Waals surface area contributed by atoms with Gasteiger partial charge in [0.1, 0.15) is 17.7 Å². The fraction of sp³-hybridized carbons (Fsp3) is 0.0909. The molecule has 84 valence electrons. The summed E-state index contributed by atoms with van der Waals surface area (Å²) in [5.41, 5.74) is 0.0662. The van der Waals surface area contributed by atoms with Crippen molar-refractivity contribution < 1.29 is 9.66 Å². The van der Waals surface area contributed by atoms with Crippen LogP contribution in [-0.4, -0.2) is 12.0 Å². The average molecular weight is 229 g/mol. The molecule has 0 spiro atoms. The highest BCUT2D eigenvalue weighted by Gasteiger charge is 2.14. The Bertz CT molecular complexity index is 548. The van der Waals surface area contributed by atoms with E-state index in [4.69, 9.17) is 15.3 Å². The number of nitriles is 2. The first kappa shape index (κ1) is 12.2. The topological polar surface area (TPSA) is 99.9 Å². The van der Waals surface area contributed by atoms with Crippen LogP contribution in [0.15, 0.2) is 23.8 Å². The van der Waals surface area contributed by atoms with Crippen LogP contribution in [0.25, 0.3) is 6.08 Å². The second kappa shape index (κ2) is 5.29. The molecule has 0 fully saturated rings. The second-order valence-electron chi connectivity index (χ2n) is 2.97. The van der Waals surface area contributed by atoms with Gasteiger partial charge in [-0.2, -0.15) is 10.5 Å². The molecule has 0 saturated heterocycles. The van der Waals surface area contributed by atoms with Crippen LogP contribution < -0.4 is 4.74 Å². The normalized spacial score (nSPS) is 8.65. The Morgan fingerprint density at radius 2 is 2.12 bits per heavy atom. The maximum Gasteiger partial charge on any atom is 0.311 e. The molecule has 17 heavy (non-hydrogen) atoms. The standard InChI is InChI=1S/C11H7N3O3/c1-17-11-3-2-8(4-9(6-12)7-13)5-10(11)14(15)16/h2-5H,1H3. The predicted molar refractivity (Wildman–Crippen MR) is 58.9 cm³/mol. The molecule has 0 bridgehead atoms. The summed E-state index contributed by atoms with van der Waals surface area (Å²) in [4.78, 5) is 10.1. The van der Waals surface area contributed by atoms with E-state index in [-0.39, 0.29) is 17.0 Å². The van der Waals surface area contributed by atoms with Gasteiger partial charge in [-0.1, -0.05) is 6.07 Å². The van der Waals surface area contributed by atoms with Crippen molar-refractivity contribution in [2.75, 3.05) is 7.11 Å². The first-order valence-corrected chi connectivity index (χ1v) is 4.46. The van der Waals surface area contributed by atoms with Gasteiger partial charge in [0.05, 0.1) is 12.0 Å². The Labute approximate surface area is 97.1 Å². The number of nitro benzene ring substituents is 1. The van der Waals surface area contributed by atoms with E-state index in [0.717, 1.165) is 0 Å². The highest BCUT2D eigenvalue weighted by Crippen LogP contribution is 2.28. The number of ether oxygens (including phenoxy) is 1. The minimum atomic E-state index is -0.589. The number of rotatable bonds is 3. The predicted octanol–water partition coefficient (Wildman–Crippen LogP) is 2.03. The minimum absolute atomic E-state index is 0.121. The van der Waals surface area contributed by atoms with Crippen molar-refractivity contribution in [3.63, 3.8) is 0 Å². The van der Waals surface area contributed by atoms with Gasteiger partial charge in [-0.15, -0.1) is 0 Å². The third-order valence-electron chi connectivity index (χ3n) is 1.95. The molecule has 0 aliphatic heterocycles. The lowest BCUT2D eigenvalue weighted by molar-refractivity contribution is -0.385. The van der Waals surface area contributed by atoms with Crippen LogP contribution in [0, 0.1) is 32.8 Å². The van der Waals surface area contributed by atoms with Crippen molar-refractivity contribution >= 4 is 11.8 Å². The van der Waals surface area contributed by atoms with Crippen molar-refractivity contribution in [2.24, 2.45) is 0 Å². The van der Waals surface area contributed by atoms with Gasteiger partial charge >= 0.3 is 5.69 Å². The van der Waals surface area contributed by atoms with Gasteiger partial charge in [0.25, 0.3) is 0 Å². The molecule has 0 amide bonds. The zero-order valence-corrected chi connectivity index (χ0v) is 8.88. The van der Waals surface area contributed by atoms with Crippen LogP contribution >= 0.6 is 0 Å². The summed E-state index contributed by atoms with van der Waals surface area (Å²) in [7, 11) is 1.33. The molecule has 0 saturated carbocycles. The first-order valence-electron chi connectivity index (χ1n) is 4.46. The largest absolute Gasteiger partial charge is 0.490 e. The zero-order valence-electron chi connectivity index (χ0n) is 8.88. The second-order valence-corrected chi connectivity index (χ2v) is 2.97. The Balaban J connectivity index is 3.28. The molecule has 0 atom stereocenters. The maximum atomic E-state index is 10.7. The minimum Gasteiger partial charge on any atom is -0.490 e. The van der Waals surface area contributed by atoms with E-state index in [0.29, 0.717) is 5.56 Å². The summed E-state index contributed by atoms with van der Waals surface area (Å²) in [6.45, 7) is 0. The third kappa shape index (κ3) is 2.80. The summed E-state index contributed by atoms with van der Waals surface area (Å²) in [5.74, 6) is 0.127. The highest BCUT2D eigenvalue weighted by molar-refractivity contribution is 5.65. The van der Waals surface area contributed by atoms with Crippen molar-refractivity contribution in [2.45, 2.75) is 0 Å². The molecule has 0 aromatic heterocycles. The number of hydrogen-bond acceptors (Lipinski definition) is 5. The van der Waals surface area contributed by atoms with Crippen LogP contribution in [0.1, 0.15) is 5.56 Å². The van der Waals surface area contributed by atoms with Gasteiger partial charge in [-0.25, -0.2) is 0 Å². The Morgan fingerprint density at radius 3 is 2.59 bits per heavy atom. The summed E-state index contributed by atoms with van der Waals surface area (Å²) in [6, 6.07) is 7.54. The lowest BCUT2D eigenvalue weighted by Crippen LogP contribution is -1.94. The number of nitro groups is 1. The van der Waals surface area contributed by atoms with Crippen LogP contribution in [0.5, 0.6) is 5.75 Å². The Kier molecular flexibility index (Phi) is 3.80. The van der Waals surface area contributed by atoms with Gasteiger partial charge in [0, 0.05) is 6.07 Å². The lowest BCUT2D eigenvalue weighted by Gasteiger charge is -2.01. The van der Waals surface area contributed by atoms with Crippen molar-refractivity contribution in [3.05, 3.63) is 39.4 Å². The quantitative estimate of drug-likeness (QED) is 0.448. The SMILES string of the molecule is COc1ccc(C=C(C#N)C#N)cc1[N+](=O)[O-]. The molecule has 1 aromatic carbocycles. The van der Waals surface area contributed by atoms with Gasteiger partial charge in [0.15, 0.2) is 5.75 Å². The lowest BCUT2D eigenvalue weighted by atomic mass is 10.1. The van der Waals surface area contributed by atoms with Gasteiger partial charge in [0.2, 0.25) is 0 Å². The highest BCUT2D eigenvalue weighted by atomic mass is 16.6. The summed E-state index contributed by atoms with van der Waals surface area (Å²) >= 11 is 0. The molecular weight excluding hydrogens is 222 g/mol. The summed E-state index contributed by atoms with van der Waals surface area (Å²) in [5, 5.41) is 27.9. The maximum absolute atomic E-state index is 10.7. The fourth-order valence-electron chi connectivity index (χ4n) is 1.20. The van der Waals surface area contributed by atoms with Gasteiger partial charge < -0.3 is 4.74 Å². The van der Waals surface area contributed by atoms with Crippen LogP contribution in [0.3, 0.4) is 0 Å². The zero-order chi connectivity index (χ0) is 12.8. The number of allylic oxidation sites excluding steroid dienone is 1. The number of nitrogens with zero attached hydrogens (tertiary/aromatic N) is 3. The molecule has 1 aromatic rings. The van der Waals surface area contributed by atoms with Crippen molar-refractivity contribution in [1.29, 1.82) is 10.5 Å². The average Bonchev–Trinajstić information content (AvgIpc) is 2.35. The molecule has 0 aliphatic rings. The third-order valence-corrected chi connectivity index (χ3v) is 1.95. The van der Waals surface area contributed by atoms with Crippen molar-refractivity contribution in [3.8, 4) is 17.9 Å². The molecular formula is C11H7N3O3. The van der Waals surface area contributed by atoms with E-state index in [1.54, 1.807) is 12.1 Å². The van der Waals surface area contributed by atoms with E-state index < -0.39 is 4.92 Å². The molecule has 6 nitrogen and oxygen atoms in total. The molecule has 6 heteroatoms. The molecule has 0 heterocycles. The van der Waals surface area contributed by atoms with E-state index in [1.165, 1.54) is 31.4 Å². The Morgan fingerprint density at radius 1 is 1.47 bits per heavy atom. The smallest absolute Gasteiger partial charge is 0.311 e. The fourth-order valence-corrected chi connectivity index (χ4v) is 1.20. The van der Waals surface area contributed by atoms with Crippen LogP contribution in [-0.2, 0) is 0 Å². The van der Waals surface area contributed by atoms with Crippen molar-refractivity contribution in [1.82, 2.24) is 0 Å². The monoisotopic (exact) mass is 229 g/mol. The van der Waals surface area contributed by atoms with Gasteiger partial charge in [-0.3, -0.25) is 10.1 Å². The molecule has 0 N–H and O–H groups in total. The van der Waals surface area contributed by atoms with Crippen LogP contribution in [0.4, 0.5) is 5.69 Å². The molecule has 1 rings (SSSR count). The Hall–Kier alpha value is -2.86. The van der Waals surface area contributed by atoms with E-state index in [2.05, 4.69) is 0 Å². The molecule has 0 unspecified atom stereocenters. The first-order chi connectivity index (χ1) is 8.12. The number of hydrogen-bond donors (Lipinski definition) is 0. The van der Waals surface area contributed by atoms with E-state index >= 15 is 0 Å². The van der Waals surface area contributed by atoms with E-state index in [1.807, 2.05) is 0 Å². The summed E-state index contributed by atoms with van der Waals surface area (Å²) in [6.07, 6.45) is 1.27.